The van der Waals surface area contributed by atoms with Gasteiger partial charge in [-0.3, -0.25) is 14.4 Å². The second kappa shape index (κ2) is 20.3. The van der Waals surface area contributed by atoms with E-state index >= 15 is 0 Å². The van der Waals surface area contributed by atoms with Crippen molar-refractivity contribution in [2.75, 3.05) is 53.2 Å². The average molecular weight is 644 g/mol. The molecule has 0 radical (unpaired) electrons. The van der Waals surface area contributed by atoms with Crippen LogP contribution in [0.1, 0.15) is 52.5 Å². The van der Waals surface area contributed by atoms with Gasteiger partial charge in [0.2, 0.25) is 11.8 Å². The normalized spacial score (nSPS) is 16.3. The first-order valence-corrected chi connectivity index (χ1v) is 15.5. The van der Waals surface area contributed by atoms with Crippen LogP contribution in [0.25, 0.3) is 0 Å². The molecule has 0 saturated carbocycles. The Balaban J connectivity index is 1.52. The van der Waals surface area contributed by atoms with Gasteiger partial charge in [-0.2, -0.15) is 0 Å². The van der Waals surface area contributed by atoms with Crippen LogP contribution in [0.15, 0.2) is 66.4 Å². The largest absolute Gasteiger partial charge is 0.423 e. The third-order valence-corrected chi connectivity index (χ3v) is 6.68. The highest BCUT2D eigenvalue weighted by molar-refractivity contribution is 5.76. The molecule has 1 aromatic rings. The Morgan fingerprint density at radius 3 is 2.20 bits per heavy atom. The fraction of sp³-hybridized carbons (Fsp3) is 0.514. The van der Waals surface area contributed by atoms with Crippen LogP contribution in [-0.2, 0) is 35.1 Å². The van der Waals surface area contributed by atoms with Crippen molar-refractivity contribution < 1.29 is 37.7 Å². The molecule has 3 N–H and O–H groups in total. The zero-order valence-electron chi connectivity index (χ0n) is 27.8. The van der Waals surface area contributed by atoms with E-state index < -0.39 is 11.8 Å². The number of amides is 2. The highest BCUT2D eigenvalue weighted by atomic mass is 19.1. The van der Waals surface area contributed by atoms with E-state index in [0.29, 0.717) is 38.3 Å². The second-order valence-electron chi connectivity index (χ2n) is 12.5. The Bertz CT molecular complexity index is 1250. The van der Waals surface area contributed by atoms with E-state index in [1.807, 2.05) is 70.2 Å². The molecule has 1 aromatic carbocycles. The summed E-state index contributed by atoms with van der Waals surface area (Å²) in [4.78, 5) is 36.0. The van der Waals surface area contributed by atoms with Gasteiger partial charge < -0.3 is 34.9 Å². The van der Waals surface area contributed by atoms with Crippen LogP contribution in [0.4, 0.5) is 4.39 Å². The summed E-state index contributed by atoms with van der Waals surface area (Å²) >= 11 is 0. The van der Waals surface area contributed by atoms with Crippen molar-refractivity contribution in [1.82, 2.24) is 16.0 Å². The van der Waals surface area contributed by atoms with E-state index in [-0.39, 0.29) is 67.7 Å². The van der Waals surface area contributed by atoms with Crippen molar-refractivity contribution in [3.63, 3.8) is 0 Å². The quantitative estimate of drug-likeness (QED) is 0.102. The third kappa shape index (κ3) is 17.0. The molecule has 1 aliphatic carbocycles. The van der Waals surface area contributed by atoms with E-state index in [1.54, 1.807) is 13.1 Å². The second-order valence-corrected chi connectivity index (χ2v) is 12.5. The Morgan fingerprint density at radius 2 is 1.48 bits per heavy atom. The van der Waals surface area contributed by atoms with Crippen molar-refractivity contribution >= 4 is 17.8 Å². The van der Waals surface area contributed by atoms with Gasteiger partial charge in [0.1, 0.15) is 0 Å². The van der Waals surface area contributed by atoms with E-state index in [1.165, 1.54) is 12.1 Å². The van der Waals surface area contributed by atoms with Crippen LogP contribution >= 0.6 is 0 Å². The number of halogens is 1. The molecule has 0 aromatic heterocycles. The lowest BCUT2D eigenvalue weighted by Gasteiger charge is -2.29. The van der Waals surface area contributed by atoms with Crippen LogP contribution < -0.4 is 20.7 Å². The summed E-state index contributed by atoms with van der Waals surface area (Å²) in [6.07, 6.45) is 14.0. The molecule has 0 aliphatic heterocycles. The topological polar surface area (TPSA) is 124 Å². The maximum absolute atomic E-state index is 14.5. The first-order valence-electron chi connectivity index (χ1n) is 15.5. The van der Waals surface area contributed by atoms with Gasteiger partial charge >= 0.3 is 5.97 Å². The van der Waals surface area contributed by atoms with E-state index in [9.17, 15) is 18.8 Å². The first kappa shape index (κ1) is 38.4. The van der Waals surface area contributed by atoms with Crippen LogP contribution in [0, 0.1) is 16.6 Å². The molecule has 0 bridgehead atoms. The molecule has 46 heavy (non-hydrogen) atoms. The fourth-order valence-electron chi connectivity index (χ4n) is 4.10. The van der Waals surface area contributed by atoms with Crippen molar-refractivity contribution in [2.24, 2.45) is 10.8 Å². The monoisotopic (exact) mass is 643 g/mol. The minimum atomic E-state index is -0.619. The molecule has 0 heterocycles. The van der Waals surface area contributed by atoms with Crippen molar-refractivity contribution in [1.29, 1.82) is 0 Å². The lowest BCUT2D eigenvalue weighted by Crippen LogP contribution is -2.38. The van der Waals surface area contributed by atoms with E-state index in [2.05, 4.69) is 16.0 Å². The molecule has 1 aliphatic rings. The fourth-order valence-corrected chi connectivity index (χ4v) is 4.10. The highest BCUT2D eigenvalue weighted by Gasteiger charge is 2.25. The van der Waals surface area contributed by atoms with Gasteiger partial charge in [-0.05, 0) is 35.3 Å². The molecule has 0 fully saturated rings. The summed E-state index contributed by atoms with van der Waals surface area (Å²) in [6.45, 7) is 10.5. The summed E-state index contributed by atoms with van der Waals surface area (Å²) in [5.41, 5.74) is 1.04. The molecule has 11 heteroatoms. The number of carbonyl (C=O) groups is 3. The Labute approximate surface area is 272 Å². The molecular formula is C35H50FN3O7. The van der Waals surface area contributed by atoms with Crippen LogP contribution in [-0.4, -0.2) is 71.0 Å². The Morgan fingerprint density at radius 1 is 0.804 bits per heavy atom. The Hall–Kier alpha value is -3.80. The molecule has 254 valence electrons. The molecule has 0 atom stereocenters. The number of hydrogen-bond acceptors (Lipinski definition) is 8. The number of rotatable bonds is 21. The van der Waals surface area contributed by atoms with Crippen LogP contribution in [0.2, 0.25) is 0 Å². The minimum Gasteiger partial charge on any atom is -0.423 e. The molecule has 10 nitrogen and oxygen atoms in total. The number of benzene rings is 1. The predicted octanol–water partition coefficient (Wildman–Crippen LogP) is 4.52. The lowest BCUT2D eigenvalue weighted by atomic mass is 9.89. The standard InChI is InChI=1S/C35H50FN3O7/c1-34(2,22-32(41)37-5)25-45-26-35(3,4)24-39-31(40)15-17-43-19-20-44-18-16-33(42)46-30-14-13-27(21-29(30)36)23-38-28-11-9-7-6-8-10-12-28/h6-14,21,38H,15-20,22-26H2,1-5H3,(H,37,41)(H,39,40)/b7-6-,8-6?,9-7?,10-8-,11-9-,12-10?,28-11?,28-12+. The molecule has 2 amide bonds. The number of esters is 1. The first-order chi connectivity index (χ1) is 21.9. The SMILES string of the molecule is CNC(=O)CC(C)(C)COCC(C)(C)CNC(=O)CCOCCOCCC(=O)Oc1ccc(CNC2=C/C=C\C=C/C=C\2)cc1F. The smallest absolute Gasteiger partial charge is 0.313 e. The summed E-state index contributed by atoms with van der Waals surface area (Å²) in [7, 11) is 1.62. The van der Waals surface area contributed by atoms with Gasteiger partial charge in [-0.1, -0.05) is 64.1 Å². The molecular weight excluding hydrogens is 593 g/mol. The molecule has 0 saturated heterocycles. The van der Waals surface area contributed by atoms with Crippen LogP contribution in [0.3, 0.4) is 0 Å². The van der Waals surface area contributed by atoms with Crippen molar-refractivity contribution in [3.8, 4) is 5.75 Å². The summed E-state index contributed by atoms with van der Waals surface area (Å²) < 4.78 is 36.4. The van der Waals surface area contributed by atoms with E-state index in [4.69, 9.17) is 18.9 Å². The number of allylic oxidation sites excluding steroid dienone is 7. The predicted molar refractivity (Wildman–Crippen MR) is 175 cm³/mol. The van der Waals surface area contributed by atoms with Crippen molar-refractivity contribution in [2.45, 2.75) is 53.5 Å². The Kier molecular flexibility index (Phi) is 17.0. The molecule has 2 rings (SSSR count). The highest BCUT2D eigenvalue weighted by Crippen LogP contribution is 2.23. The van der Waals surface area contributed by atoms with Gasteiger partial charge in [0.25, 0.3) is 0 Å². The summed E-state index contributed by atoms with van der Waals surface area (Å²) in [5, 5.41) is 8.76. The van der Waals surface area contributed by atoms with Gasteiger partial charge in [0.15, 0.2) is 11.6 Å². The molecule has 0 unspecified atom stereocenters. The van der Waals surface area contributed by atoms with Crippen molar-refractivity contribution in [3.05, 3.63) is 77.8 Å². The number of nitrogens with one attached hydrogen (secondary N) is 3. The third-order valence-electron chi connectivity index (χ3n) is 6.68. The zero-order valence-corrected chi connectivity index (χ0v) is 27.8. The van der Waals surface area contributed by atoms with Gasteiger partial charge in [-0.25, -0.2) is 4.39 Å². The van der Waals surface area contributed by atoms with Crippen LogP contribution in [0.5, 0.6) is 5.75 Å². The maximum atomic E-state index is 14.5. The summed E-state index contributed by atoms with van der Waals surface area (Å²) in [6, 6.07) is 4.47. The number of carbonyl (C=O) groups excluding carboxylic acids is 3. The maximum Gasteiger partial charge on any atom is 0.313 e. The van der Waals surface area contributed by atoms with E-state index in [0.717, 1.165) is 5.70 Å². The zero-order chi connectivity index (χ0) is 33.8. The minimum absolute atomic E-state index is 0.0260. The number of ether oxygens (including phenoxy) is 4. The van der Waals surface area contributed by atoms with Gasteiger partial charge in [0, 0.05) is 44.1 Å². The summed E-state index contributed by atoms with van der Waals surface area (Å²) in [5.74, 6) is -1.51. The lowest BCUT2D eigenvalue weighted by molar-refractivity contribution is -0.136. The average Bonchev–Trinajstić information content (AvgIpc) is 2.97. The van der Waals surface area contributed by atoms with Gasteiger partial charge in [0.05, 0.1) is 46.1 Å². The van der Waals surface area contributed by atoms with Gasteiger partial charge in [-0.15, -0.1) is 0 Å². The molecule has 0 spiro atoms. The number of hydrogen-bond donors (Lipinski definition) is 3.